The normalized spacial score (nSPS) is 14.6. The van der Waals surface area contributed by atoms with Gasteiger partial charge in [-0.2, -0.15) is 0 Å². The quantitative estimate of drug-likeness (QED) is 0.328. The summed E-state index contributed by atoms with van der Waals surface area (Å²) >= 11 is 0. The van der Waals surface area contributed by atoms with Crippen molar-refractivity contribution < 1.29 is 19.2 Å². The molecule has 1 saturated heterocycles. The zero-order valence-corrected chi connectivity index (χ0v) is 15.9. The van der Waals surface area contributed by atoms with Gasteiger partial charge in [0.15, 0.2) is 11.5 Å². The van der Waals surface area contributed by atoms with Crippen LogP contribution in [-0.4, -0.2) is 44.1 Å². The molecule has 1 heterocycles. The number of carbonyl (C=O) groups is 1. The minimum absolute atomic E-state index is 0.119. The second kappa shape index (κ2) is 8.67. The molecule has 146 valence electrons. The number of allylic oxidation sites excluding steroid dienone is 1. The molecule has 0 spiro atoms. The molecule has 7 nitrogen and oxygen atoms in total. The summed E-state index contributed by atoms with van der Waals surface area (Å²) in [6, 6.07) is 12.1. The van der Waals surface area contributed by atoms with Crippen molar-refractivity contribution in [3.8, 4) is 5.75 Å². The Morgan fingerprint density at radius 2 is 1.86 bits per heavy atom. The van der Waals surface area contributed by atoms with Crippen molar-refractivity contribution in [2.24, 2.45) is 0 Å². The van der Waals surface area contributed by atoms with Gasteiger partial charge >= 0.3 is 5.69 Å². The van der Waals surface area contributed by atoms with Crippen molar-refractivity contribution in [3.05, 3.63) is 69.3 Å². The Kier molecular flexibility index (Phi) is 6.06. The zero-order chi connectivity index (χ0) is 20.1. The smallest absolute Gasteiger partial charge is 0.311 e. The zero-order valence-electron chi connectivity index (χ0n) is 15.9. The van der Waals surface area contributed by atoms with Crippen molar-refractivity contribution in [1.29, 1.82) is 0 Å². The van der Waals surface area contributed by atoms with Crippen molar-refractivity contribution >= 4 is 23.2 Å². The topological polar surface area (TPSA) is 81.9 Å². The second-order valence-electron chi connectivity index (χ2n) is 6.49. The molecule has 0 aliphatic carbocycles. The first-order valence-electron chi connectivity index (χ1n) is 8.98. The maximum absolute atomic E-state index is 12.7. The summed E-state index contributed by atoms with van der Waals surface area (Å²) < 4.78 is 10.4. The lowest BCUT2D eigenvalue weighted by atomic mass is 10.0. The van der Waals surface area contributed by atoms with Gasteiger partial charge in [-0.15, -0.1) is 0 Å². The van der Waals surface area contributed by atoms with Crippen LogP contribution < -0.4 is 9.64 Å². The fourth-order valence-electron chi connectivity index (χ4n) is 3.13. The molecule has 0 saturated carbocycles. The van der Waals surface area contributed by atoms with Crippen LogP contribution in [-0.2, 0) is 4.74 Å². The average molecular weight is 382 g/mol. The first kappa shape index (κ1) is 19.6. The molecule has 1 aliphatic rings. The average Bonchev–Trinajstić information content (AvgIpc) is 2.73. The number of hydrogen-bond donors (Lipinski definition) is 0. The summed E-state index contributed by atoms with van der Waals surface area (Å²) in [6.07, 6.45) is 1.64. The Balaban J connectivity index is 1.78. The maximum atomic E-state index is 12.7. The van der Waals surface area contributed by atoms with E-state index in [-0.39, 0.29) is 17.2 Å². The van der Waals surface area contributed by atoms with Gasteiger partial charge in [0.1, 0.15) is 0 Å². The minimum atomic E-state index is -0.502. The number of hydrogen-bond acceptors (Lipinski definition) is 6. The Morgan fingerprint density at radius 1 is 1.18 bits per heavy atom. The predicted octanol–water partition coefficient (Wildman–Crippen LogP) is 3.73. The maximum Gasteiger partial charge on any atom is 0.311 e. The highest BCUT2D eigenvalue weighted by molar-refractivity contribution is 6.11. The molecule has 0 aromatic heterocycles. The van der Waals surface area contributed by atoms with E-state index in [2.05, 4.69) is 4.90 Å². The van der Waals surface area contributed by atoms with Crippen LogP contribution in [0.15, 0.2) is 48.0 Å². The molecule has 28 heavy (non-hydrogen) atoms. The van der Waals surface area contributed by atoms with Crippen LogP contribution in [0.1, 0.15) is 22.8 Å². The Hall–Kier alpha value is -3.19. The number of ketones is 1. The summed E-state index contributed by atoms with van der Waals surface area (Å²) in [6.45, 7) is 4.78. The number of benzene rings is 2. The van der Waals surface area contributed by atoms with E-state index in [1.54, 1.807) is 31.2 Å². The van der Waals surface area contributed by atoms with Gasteiger partial charge in [-0.25, -0.2) is 0 Å². The molecule has 0 unspecified atom stereocenters. The van der Waals surface area contributed by atoms with Gasteiger partial charge in [0.25, 0.3) is 0 Å². The summed E-state index contributed by atoms with van der Waals surface area (Å²) in [5.74, 6) is 0.0665. The molecule has 0 amide bonds. The number of morpholine rings is 1. The van der Waals surface area contributed by atoms with Crippen molar-refractivity contribution in [1.82, 2.24) is 0 Å². The van der Waals surface area contributed by atoms with Gasteiger partial charge in [-0.05, 0) is 54.5 Å². The van der Waals surface area contributed by atoms with E-state index in [0.717, 1.165) is 18.8 Å². The van der Waals surface area contributed by atoms with E-state index in [0.29, 0.717) is 29.9 Å². The molecule has 2 aromatic carbocycles. The van der Waals surface area contributed by atoms with Crippen molar-refractivity contribution in [2.45, 2.75) is 6.92 Å². The molecule has 1 fully saturated rings. The molecule has 0 radical (unpaired) electrons. The molecular formula is C21H22N2O5. The number of Topliss-reactive ketones (excluding diaryl/α,β-unsaturated/α-hetero) is 1. The van der Waals surface area contributed by atoms with Crippen molar-refractivity contribution in [2.75, 3.05) is 38.3 Å². The molecule has 7 heteroatoms. The number of ether oxygens (including phenoxy) is 2. The number of methoxy groups -OCH3 is 1. The van der Waals surface area contributed by atoms with E-state index >= 15 is 0 Å². The standard InChI is InChI=1S/C21H22N2O5/c1-15(13-16-3-8-20(27-2)19(14-16)23(25)26)21(24)17-4-6-18(7-5-17)22-9-11-28-12-10-22/h3-8,13-14H,9-12H2,1-2H3/b15-13+. The Labute approximate surface area is 163 Å². The van der Waals surface area contributed by atoms with Crippen LogP contribution in [0.2, 0.25) is 0 Å². The number of rotatable bonds is 6. The minimum Gasteiger partial charge on any atom is -0.490 e. The fraction of sp³-hybridized carbons (Fsp3) is 0.286. The summed E-state index contributed by atoms with van der Waals surface area (Å²) in [5.41, 5.74) is 2.58. The Bertz CT molecular complexity index is 900. The lowest BCUT2D eigenvalue weighted by Crippen LogP contribution is -2.36. The SMILES string of the molecule is COc1ccc(/C=C(\C)C(=O)c2ccc(N3CCOCC3)cc2)cc1[N+](=O)[O-]. The van der Waals surface area contributed by atoms with Gasteiger partial charge in [-0.1, -0.05) is 6.07 Å². The third-order valence-electron chi connectivity index (χ3n) is 4.65. The van der Waals surface area contributed by atoms with Gasteiger partial charge in [0.05, 0.1) is 25.2 Å². The van der Waals surface area contributed by atoms with Gasteiger partial charge in [-0.3, -0.25) is 14.9 Å². The van der Waals surface area contributed by atoms with E-state index in [1.165, 1.54) is 19.2 Å². The summed E-state index contributed by atoms with van der Waals surface area (Å²) in [4.78, 5) is 25.6. The molecule has 2 aromatic rings. The number of anilines is 1. The fourth-order valence-corrected chi connectivity index (χ4v) is 3.13. The highest BCUT2D eigenvalue weighted by Gasteiger charge is 2.16. The van der Waals surface area contributed by atoms with Gasteiger partial charge in [0, 0.05) is 30.4 Å². The highest BCUT2D eigenvalue weighted by Crippen LogP contribution is 2.28. The van der Waals surface area contributed by atoms with Crippen LogP contribution >= 0.6 is 0 Å². The Morgan fingerprint density at radius 3 is 2.46 bits per heavy atom. The summed E-state index contributed by atoms with van der Waals surface area (Å²) in [5, 5.41) is 11.2. The van der Waals surface area contributed by atoms with Crippen molar-refractivity contribution in [3.63, 3.8) is 0 Å². The van der Waals surface area contributed by atoms with E-state index in [4.69, 9.17) is 9.47 Å². The number of nitrogens with zero attached hydrogens (tertiary/aromatic N) is 2. The van der Waals surface area contributed by atoms with Crippen LogP contribution in [0.25, 0.3) is 6.08 Å². The lowest BCUT2D eigenvalue weighted by molar-refractivity contribution is -0.385. The highest BCUT2D eigenvalue weighted by atomic mass is 16.6. The third-order valence-corrected chi connectivity index (χ3v) is 4.65. The number of nitro groups is 1. The molecule has 0 N–H and O–H groups in total. The largest absolute Gasteiger partial charge is 0.490 e. The van der Waals surface area contributed by atoms with Crippen LogP contribution in [0.4, 0.5) is 11.4 Å². The molecule has 3 rings (SSSR count). The monoisotopic (exact) mass is 382 g/mol. The van der Waals surface area contributed by atoms with E-state index < -0.39 is 4.92 Å². The van der Waals surface area contributed by atoms with Crippen LogP contribution in [0.3, 0.4) is 0 Å². The molecule has 0 atom stereocenters. The third kappa shape index (κ3) is 4.37. The van der Waals surface area contributed by atoms with E-state index in [9.17, 15) is 14.9 Å². The summed E-state index contributed by atoms with van der Waals surface area (Å²) in [7, 11) is 1.38. The lowest BCUT2D eigenvalue weighted by Gasteiger charge is -2.28. The molecule has 0 bridgehead atoms. The van der Waals surface area contributed by atoms with Gasteiger partial charge in [0.2, 0.25) is 0 Å². The second-order valence-corrected chi connectivity index (χ2v) is 6.49. The van der Waals surface area contributed by atoms with Crippen LogP contribution in [0.5, 0.6) is 5.75 Å². The molecular weight excluding hydrogens is 360 g/mol. The predicted molar refractivity (Wildman–Crippen MR) is 107 cm³/mol. The first-order chi connectivity index (χ1) is 13.5. The number of nitro benzene ring substituents is 1. The molecule has 1 aliphatic heterocycles. The van der Waals surface area contributed by atoms with E-state index in [1.807, 2.05) is 12.1 Å². The number of carbonyl (C=O) groups excluding carboxylic acids is 1. The first-order valence-corrected chi connectivity index (χ1v) is 8.98. The van der Waals surface area contributed by atoms with Gasteiger partial charge < -0.3 is 14.4 Å². The van der Waals surface area contributed by atoms with Crippen LogP contribution in [0, 0.1) is 10.1 Å².